The SMILES string of the molecule is CCN(CC)CC(=O)Nc1ccc(NC(=O)c2ccc(C)c(C)c2)cc1C. The molecule has 2 aromatic rings. The van der Waals surface area contributed by atoms with Gasteiger partial charge in [-0.15, -0.1) is 0 Å². The van der Waals surface area contributed by atoms with Crippen molar-refractivity contribution in [2.45, 2.75) is 34.6 Å². The third kappa shape index (κ3) is 5.66. The summed E-state index contributed by atoms with van der Waals surface area (Å²) < 4.78 is 0. The number of carbonyl (C=O) groups excluding carboxylic acids is 2. The first-order valence-corrected chi connectivity index (χ1v) is 9.35. The molecule has 0 aliphatic heterocycles. The number of nitrogens with one attached hydrogen (secondary N) is 2. The zero-order chi connectivity index (χ0) is 20.0. The van der Waals surface area contributed by atoms with Crippen molar-refractivity contribution in [2.75, 3.05) is 30.3 Å². The first-order chi connectivity index (χ1) is 12.8. The minimum Gasteiger partial charge on any atom is -0.325 e. The summed E-state index contributed by atoms with van der Waals surface area (Å²) in [6, 6.07) is 11.2. The van der Waals surface area contributed by atoms with Crippen LogP contribution in [0.25, 0.3) is 0 Å². The summed E-state index contributed by atoms with van der Waals surface area (Å²) in [4.78, 5) is 26.7. The van der Waals surface area contributed by atoms with Gasteiger partial charge in [0, 0.05) is 16.9 Å². The molecule has 2 amide bonds. The molecule has 2 rings (SSSR count). The van der Waals surface area contributed by atoms with Gasteiger partial charge in [0.1, 0.15) is 0 Å². The van der Waals surface area contributed by atoms with Crippen LogP contribution < -0.4 is 10.6 Å². The van der Waals surface area contributed by atoms with Gasteiger partial charge in [0.15, 0.2) is 0 Å². The van der Waals surface area contributed by atoms with Gasteiger partial charge in [-0.25, -0.2) is 0 Å². The lowest BCUT2D eigenvalue weighted by molar-refractivity contribution is -0.117. The summed E-state index contributed by atoms with van der Waals surface area (Å²) in [7, 11) is 0. The van der Waals surface area contributed by atoms with Crippen LogP contribution in [0.1, 0.15) is 40.9 Å². The lowest BCUT2D eigenvalue weighted by atomic mass is 10.1. The molecule has 0 bridgehead atoms. The summed E-state index contributed by atoms with van der Waals surface area (Å²) in [5, 5.41) is 5.86. The van der Waals surface area contributed by atoms with Gasteiger partial charge in [0.2, 0.25) is 5.91 Å². The van der Waals surface area contributed by atoms with Gasteiger partial charge >= 0.3 is 0 Å². The molecule has 0 aromatic heterocycles. The average Bonchev–Trinajstić information content (AvgIpc) is 2.64. The molecule has 144 valence electrons. The van der Waals surface area contributed by atoms with Crippen LogP contribution in [-0.2, 0) is 4.79 Å². The Hall–Kier alpha value is -2.66. The van der Waals surface area contributed by atoms with Crippen molar-refractivity contribution in [3.05, 3.63) is 58.7 Å². The van der Waals surface area contributed by atoms with E-state index in [0.717, 1.165) is 35.5 Å². The standard InChI is InChI=1S/C22H29N3O2/c1-6-25(7-2)14-21(26)24-20-11-10-19(13-17(20)5)23-22(27)18-9-8-15(3)16(4)12-18/h8-13H,6-7,14H2,1-5H3,(H,23,27)(H,24,26). The Bertz CT molecular complexity index is 826. The normalized spacial score (nSPS) is 10.7. The van der Waals surface area contributed by atoms with Crippen molar-refractivity contribution >= 4 is 23.2 Å². The van der Waals surface area contributed by atoms with Gasteiger partial charge in [-0.1, -0.05) is 19.9 Å². The number of anilines is 2. The fourth-order valence-electron chi connectivity index (χ4n) is 2.81. The van der Waals surface area contributed by atoms with Gasteiger partial charge in [0.05, 0.1) is 6.54 Å². The molecule has 0 aliphatic rings. The molecule has 5 nitrogen and oxygen atoms in total. The lowest BCUT2D eigenvalue weighted by Crippen LogP contribution is -2.33. The number of aryl methyl sites for hydroxylation is 3. The van der Waals surface area contributed by atoms with E-state index in [4.69, 9.17) is 0 Å². The second kappa shape index (κ2) is 9.33. The molecule has 5 heteroatoms. The van der Waals surface area contributed by atoms with Crippen molar-refractivity contribution in [3.8, 4) is 0 Å². The highest BCUT2D eigenvalue weighted by atomic mass is 16.2. The zero-order valence-electron chi connectivity index (χ0n) is 16.8. The van der Waals surface area contributed by atoms with E-state index >= 15 is 0 Å². The lowest BCUT2D eigenvalue weighted by Gasteiger charge is -2.18. The van der Waals surface area contributed by atoms with Crippen LogP contribution in [0.2, 0.25) is 0 Å². The van der Waals surface area contributed by atoms with Crippen molar-refractivity contribution in [2.24, 2.45) is 0 Å². The Labute approximate surface area is 161 Å². The number of likely N-dealkylation sites (N-methyl/N-ethyl adjacent to an activating group) is 1. The highest BCUT2D eigenvalue weighted by Crippen LogP contribution is 2.21. The topological polar surface area (TPSA) is 61.4 Å². The maximum atomic E-state index is 12.5. The van der Waals surface area contributed by atoms with E-state index in [0.29, 0.717) is 17.8 Å². The number of hydrogen-bond acceptors (Lipinski definition) is 3. The second-order valence-corrected chi connectivity index (χ2v) is 6.79. The molecule has 0 heterocycles. The number of benzene rings is 2. The second-order valence-electron chi connectivity index (χ2n) is 6.79. The van der Waals surface area contributed by atoms with Gasteiger partial charge in [-0.05, 0) is 80.9 Å². The predicted molar refractivity (Wildman–Crippen MR) is 111 cm³/mol. The van der Waals surface area contributed by atoms with E-state index in [9.17, 15) is 9.59 Å². The molecular weight excluding hydrogens is 338 g/mol. The van der Waals surface area contributed by atoms with Crippen LogP contribution in [0.15, 0.2) is 36.4 Å². The van der Waals surface area contributed by atoms with E-state index in [-0.39, 0.29) is 11.8 Å². The third-order valence-corrected chi connectivity index (χ3v) is 4.79. The summed E-state index contributed by atoms with van der Waals surface area (Å²) >= 11 is 0. The van der Waals surface area contributed by atoms with Crippen molar-refractivity contribution in [3.63, 3.8) is 0 Å². The van der Waals surface area contributed by atoms with E-state index in [2.05, 4.69) is 15.5 Å². The molecule has 0 saturated heterocycles. The van der Waals surface area contributed by atoms with E-state index in [1.54, 1.807) is 6.07 Å². The van der Waals surface area contributed by atoms with Gasteiger partial charge in [0.25, 0.3) is 5.91 Å². The van der Waals surface area contributed by atoms with Gasteiger partial charge < -0.3 is 10.6 Å². The van der Waals surface area contributed by atoms with E-state index in [1.165, 1.54) is 0 Å². The maximum Gasteiger partial charge on any atom is 0.255 e. The molecule has 0 saturated carbocycles. The third-order valence-electron chi connectivity index (χ3n) is 4.79. The smallest absolute Gasteiger partial charge is 0.255 e. The zero-order valence-corrected chi connectivity index (χ0v) is 16.8. The Kier molecular flexibility index (Phi) is 7.13. The molecular formula is C22H29N3O2. The number of hydrogen-bond donors (Lipinski definition) is 2. The Balaban J connectivity index is 2.04. The summed E-state index contributed by atoms with van der Waals surface area (Å²) in [6.45, 7) is 12.1. The molecule has 0 spiro atoms. The monoisotopic (exact) mass is 367 g/mol. The number of amides is 2. The maximum absolute atomic E-state index is 12.5. The first kappa shape index (κ1) is 20.6. The van der Waals surface area contributed by atoms with Crippen molar-refractivity contribution < 1.29 is 9.59 Å². The quantitative estimate of drug-likeness (QED) is 0.773. The van der Waals surface area contributed by atoms with Crippen LogP contribution in [0.3, 0.4) is 0 Å². The highest BCUT2D eigenvalue weighted by molar-refractivity contribution is 6.04. The van der Waals surface area contributed by atoms with E-state index < -0.39 is 0 Å². The molecule has 2 aromatic carbocycles. The summed E-state index contributed by atoms with van der Waals surface area (Å²) in [6.07, 6.45) is 0. The number of nitrogens with zero attached hydrogens (tertiary/aromatic N) is 1. The van der Waals surface area contributed by atoms with Crippen LogP contribution in [0.4, 0.5) is 11.4 Å². The fraction of sp³-hybridized carbons (Fsp3) is 0.364. The van der Waals surface area contributed by atoms with Crippen LogP contribution in [0, 0.1) is 20.8 Å². The molecule has 27 heavy (non-hydrogen) atoms. The Morgan fingerprint density at radius 3 is 2.15 bits per heavy atom. The molecule has 0 fully saturated rings. The van der Waals surface area contributed by atoms with Crippen molar-refractivity contribution in [1.29, 1.82) is 0 Å². The minimum absolute atomic E-state index is 0.0336. The van der Waals surface area contributed by atoms with Crippen LogP contribution >= 0.6 is 0 Å². The summed E-state index contributed by atoms with van der Waals surface area (Å²) in [5.74, 6) is -0.176. The number of carbonyl (C=O) groups is 2. The first-order valence-electron chi connectivity index (χ1n) is 9.35. The van der Waals surface area contributed by atoms with Crippen LogP contribution in [0.5, 0.6) is 0 Å². The predicted octanol–water partition coefficient (Wildman–Crippen LogP) is 4.14. The van der Waals surface area contributed by atoms with Gasteiger partial charge in [-0.3, -0.25) is 14.5 Å². The molecule has 0 unspecified atom stereocenters. The van der Waals surface area contributed by atoms with E-state index in [1.807, 2.05) is 65.0 Å². The molecule has 0 radical (unpaired) electrons. The van der Waals surface area contributed by atoms with Gasteiger partial charge in [-0.2, -0.15) is 0 Å². The minimum atomic E-state index is -0.143. The molecule has 0 aliphatic carbocycles. The highest BCUT2D eigenvalue weighted by Gasteiger charge is 2.11. The summed E-state index contributed by atoms with van der Waals surface area (Å²) in [5.41, 5.74) is 5.25. The Morgan fingerprint density at radius 2 is 1.56 bits per heavy atom. The largest absolute Gasteiger partial charge is 0.325 e. The molecule has 0 atom stereocenters. The number of rotatable bonds is 7. The van der Waals surface area contributed by atoms with Crippen LogP contribution in [-0.4, -0.2) is 36.3 Å². The average molecular weight is 367 g/mol. The van der Waals surface area contributed by atoms with Crippen molar-refractivity contribution in [1.82, 2.24) is 4.90 Å². The Morgan fingerprint density at radius 1 is 0.852 bits per heavy atom. The molecule has 2 N–H and O–H groups in total. The fourth-order valence-corrected chi connectivity index (χ4v) is 2.81.